The number of rotatable bonds is 4. The molecule has 2 aromatic carbocycles. The summed E-state index contributed by atoms with van der Waals surface area (Å²) < 4.78 is 0. The number of phenols is 1. The van der Waals surface area contributed by atoms with Crippen molar-refractivity contribution in [2.45, 2.75) is 6.04 Å². The fourth-order valence-electron chi connectivity index (χ4n) is 3.03. The van der Waals surface area contributed by atoms with Crippen LogP contribution in [0.3, 0.4) is 0 Å². The van der Waals surface area contributed by atoms with Gasteiger partial charge in [0.1, 0.15) is 11.8 Å². The molecule has 0 radical (unpaired) electrons. The lowest BCUT2D eigenvalue weighted by atomic mass is 9.97. The Bertz CT molecular complexity index is 963. The van der Waals surface area contributed by atoms with Crippen LogP contribution >= 0.6 is 0 Å². The van der Waals surface area contributed by atoms with Gasteiger partial charge in [-0.15, -0.1) is 0 Å². The van der Waals surface area contributed by atoms with Crippen LogP contribution in [-0.4, -0.2) is 10.1 Å². The van der Waals surface area contributed by atoms with E-state index in [0.29, 0.717) is 0 Å². The van der Waals surface area contributed by atoms with E-state index in [9.17, 15) is 5.11 Å². The van der Waals surface area contributed by atoms with Crippen molar-refractivity contribution in [1.82, 2.24) is 4.98 Å². The summed E-state index contributed by atoms with van der Waals surface area (Å²) in [7, 11) is 0. The molecular formula is C20H18N3O+. The first-order valence-corrected chi connectivity index (χ1v) is 7.90. The minimum Gasteiger partial charge on any atom is -0.507 e. The highest BCUT2D eigenvalue weighted by Crippen LogP contribution is 2.35. The van der Waals surface area contributed by atoms with Gasteiger partial charge < -0.3 is 10.1 Å². The van der Waals surface area contributed by atoms with Crippen molar-refractivity contribution in [3.63, 3.8) is 0 Å². The maximum absolute atomic E-state index is 10.4. The number of fused-ring (bicyclic) bond motifs is 1. The van der Waals surface area contributed by atoms with Crippen molar-refractivity contribution in [3.05, 3.63) is 90.3 Å². The average Bonchev–Trinajstić information content (AvgIpc) is 3.05. The molecule has 0 amide bonds. The lowest BCUT2D eigenvalue weighted by Gasteiger charge is -2.16. The molecule has 4 heteroatoms. The third kappa shape index (κ3) is 2.58. The van der Waals surface area contributed by atoms with Gasteiger partial charge in [-0.3, -0.25) is 5.32 Å². The van der Waals surface area contributed by atoms with Crippen molar-refractivity contribution in [3.8, 4) is 5.75 Å². The molecule has 24 heavy (non-hydrogen) atoms. The van der Waals surface area contributed by atoms with E-state index in [1.165, 1.54) is 0 Å². The Kier molecular flexibility index (Phi) is 3.63. The minimum atomic E-state index is -0.180. The van der Waals surface area contributed by atoms with Gasteiger partial charge in [0.25, 0.3) is 5.82 Å². The van der Waals surface area contributed by atoms with Crippen LogP contribution in [0.25, 0.3) is 10.9 Å². The zero-order valence-corrected chi connectivity index (χ0v) is 13.0. The predicted octanol–water partition coefficient (Wildman–Crippen LogP) is 3.89. The van der Waals surface area contributed by atoms with Crippen molar-refractivity contribution in [2.75, 3.05) is 5.32 Å². The van der Waals surface area contributed by atoms with Crippen molar-refractivity contribution in [1.29, 1.82) is 0 Å². The van der Waals surface area contributed by atoms with E-state index in [4.69, 9.17) is 0 Å². The Morgan fingerprint density at radius 1 is 0.875 bits per heavy atom. The largest absolute Gasteiger partial charge is 0.507 e. The van der Waals surface area contributed by atoms with Crippen LogP contribution in [0.15, 0.2) is 79.1 Å². The van der Waals surface area contributed by atoms with E-state index < -0.39 is 0 Å². The van der Waals surface area contributed by atoms with Crippen LogP contribution in [0, 0.1) is 0 Å². The average molecular weight is 316 g/mol. The number of benzene rings is 2. The molecule has 0 aliphatic heterocycles. The summed E-state index contributed by atoms with van der Waals surface area (Å²) in [6.45, 7) is 0. The van der Waals surface area contributed by atoms with Gasteiger partial charge in [0.15, 0.2) is 0 Å². The molecule has 4 N–H and O–H groups in total. The summed E-state index contributed by atoms with van der Waals surface area (Å²) in [5.74, 6) is 1.16. The topological polar surface area (TPSA) is 62.2 Å². The van der Waals surface area contributed by atoms with Gasteiger partial charge in [-0.05, 0) is 18.2 Å². The number of pyridine rings is 1. The molecule has 4 nitrogen and oxygen atoms in total. The third-order valence-corrected chi connectivity index (χ3v) is 4.19. The SMILES string of the molecule is Oc1ccccc1[C@H](Nc1cccc[nH+]1)c1c[nH]c2ccccc12. The van der Waals surface area contributed by atoms with E-state index in [2.05, 4.69) is 27.4 Å². The number of aromatic amines is 2. The monoisotopic (exact) mass is 316 g/mol. The molecule has 0 bridgehead atoms. The van der Waals surface area contributed by atoms with Crippen LogP contribution in [0.2, 0.25) is 0 Å². The van der Waals surface area contributed by atoms with Gasteiger partial charge in [-0.2, -0.15) is 0 Å². The van der Waals surface area contributed by atoms with Crippen LogP contribution in [0.1, 0.15) is 17.2 Å². The highest BCUT2D eigenvalue weighted by atomic mass is 16.3. The molecule has 0 aliphatic rings. The fourth-order valence-corrected chi connectivity index (χ4v) is 3.03. The number of H-pyrrole nitrogens is 2. The Morgan fingerprint density at radius 3 is 2.50 bits per heavy atom. The zero-order chi connectivity index (χ0) is 16.4. The van der Waals surface area contributed by atoms with Gasteiger partial charge in [-0.25, -0.2) is 4.98 Å². The van der Waals surface area contributed by atoms with E-state index in [0.717, 1.165) is 27.8 Å². The van der Waals surface area contributed by atoms with Crippen molar-refractivity contribution < 1.29 is 10.1 Å². The summed E-state index contributed by atoms with van der Waals surface area (Å²) >= 11 is 0. The molecule has 0 saturated carbocycles. The molecule has 0 aliphatic carbocycles. The molecule has 0 unspecified atom stereocenters. The van der Waals surface area contributed by atoms with E-state index >= 15 is 0 Å². The second kappa shape index (κ2) is 6.08. The number of anilines is 1. The molecule has 4 aromatic rings. The summed E-state index contributed by atoms with van der Waals surface area (Å²) in [6, 6.07) is 21.3. The van der Waals surface area contributed by atoms with Gasteiger partial charge in [0.05, 0.1) is 6.20 Å². The van der Waals surface area contributed by atoms with Crippen LogP contribution in [0.5, 0.6) is 5.75 Å². The Morgan fingerprint density at radius 2 is 1.67 bits per heavy atom. The van der Waals surface area contributed by atoms with Crippen LogP contribution in [0.4, 0.5) is 5.82 Å². The molecule has 0 spiro atoms. The van der Waals surface area contributed by atoms with Crippen LogP contribution in [-0.2, 0) is 0 Å². The highest BCUT2D eigenvalue weighted by Gasteiger charge is 2.24. The lowest BCUT2D eigenvalue weighted by molar-refractivity contribution is -0.361. The van der Waals surface area contributed by atoms with Gasteiger partial charge >= 0.3 is 0 Å². The lowest BCUT2D eigenvalue weighted by Crippen LogP contribution is -2.18. The zero-order valence-electron chi connectivity index (χ0n) is 13.0. The quantitative estimate of drug-likeness (QED) is 0.535. The summed E-state index contributed by atoms with van der Waals surface area (Å²) in [4.78, 5) is 6.51. The number of nitrogens with one attached hydrogen (secondary N) is 3. The summed E-state index contributed by atoms with van der Waals surface area (Å²) in [5, 5.41) is 15.0. The second-order valence-corrected chi connectivity index (χ2v) is 5.70. The molecule has 1 atom stereocenters. The Labute approximate surface area is 139 Å². The van der Waals surface area contributed by atoms with Crippen molar-refractivity contribution in [2.24, 2.45) is 0 Å². The highest BCUT2D eigenvalue weighted by molar-refractivity contribution is 5.84. The molecular weight excluding hydrogens is 298 g/mol. The van der Waals surface area contributed by atoms with Crippen LogP contribution < -0.4 is 10.3 Å². The first kappa shape index (κ1) is 14.3. The minimum absolute atomic E-state index is 0.180. The van der Waals surface area contributed by atoms with Gasteiger partial charge in [-0.1, -0.05) is 42.5 Å². The van der Waals surface area contributed by atoms with E-state index in [1.54, 1.807) is 6.07 Å². The number of aromatic hydroxyl groups is 1. The molecule has 0 fully saturated rings. The number of hydrogen-bond donors (Lipinski definition) is 3. The molecule has 4 rings (SSSR count). The number of hydrogen-bond acceptors (Lipinski definition) is 2. The smallest absolute Gasteiger partial charge is 0.272 e. The standard InChI is InChI=1S/C20H17N3O/c24-18-10-4-2-8-15(18)20(23-19-11-5-6-12-21-19)16-13-22-17-9-3-1-7-14(16)17/h1-13,20,22,24H,(H,21,23)/p+1/t20-/m0/s1. The van der Waals surface area contributed by atoms with E-state index in [-0.39, 0.29) is 11.8 Å². The number of phenolic OH excluding ortho intramolecular Hbond substituents is 1. The summed E-state index contributed by atoms with van der Waals surface area (Å²) in [6.07, 6.45) is 3.87. The fraction of sp³-hybridized carbons (Fsp3) is 0.0500. The van der Waals surface area contributed by atoms with Gasteiger partial charge in [0, 0.05) is 34.3 Å². The predicted molar refractivity (Wildman–Crippen MR) is 94.9 cm³/mol. The number of para-hydroxylation sites is 2. The van der Waals surface area contributed by atoms with Crippen molar-refractivity contribution >= 4 is 16.7 Å². The first-order chi connectivity index (χ1) is 11.8. The molecule has 0 saturated heterocycles. The number of aromatic nitrogens is 2. The third-order valence-electron chi connectivity index (χ3n) is 4.19. The normalized spacial score (nSPS) is 12.2. The molecule has 2 aromatic heterocycles. The molecule has 2 heterocycles. The molecule has 118 valence electrons. The van der Waals surface area contributed by atoms with E-state index in [1.807, 2.05) is 60.9 Å². The first-order valence-electron chi connectivity index (χ1n) is 7.90. The Hall–Kier alpha value is -3.27. The maximum Gasteiger partial charge on any atom is 0.272 e. The summed E-state index contributed by atoms with van der Waals surface area (Å²) in [5.41, 5.74) is 3.00. The Balaban J connectivity index is 1.86. The maximum atomic E-state index is 10.4. The second-order valence-electron chi connectivity index (χ2n) is 5.70. The van der Waals surface area contributed by atoms with Gasteiger partial charge in [0.2, 0.25) is 0 Å².